The van der Waals surface area contributed by atoms with Gasteiger partial charge in [0.25, 0.3) is 0 Å². The average Bonchev–Trinajstić information content (AvgIpc) is 3.03. The number of ether oxygens (including phenoxy) is 2. The van der Waals surface area contributed by atoms with Gasteiger partial charge in [0, 0.05) is 9.77 Å². The molecule has 1 amide bonds. The van der Waals surface area contributed by atoms with Crippen LogP contribution < -0.4 is 10.1 Å². The number of methoxy groups -OCH3 is 1. The van der Waals surface area contributed by atoms with Crippen LogP contribution in [0.15, 0.2) is 35.2 Å². The lowest BCUT2D eigenvalue weighted by Gasteiger charge is -2.06. The van der Waals surface area contributed by atoms with Crippen molar-refractivity contribution >= 4 is 40.0 Å². The molecule has 134 valence electrons. The van der Waals surface area contributed by atoms with Gasteiger partial charge in [-0.05, 0) is 43.7 Å². The summed E-state index contributed by atoms with van der Waals surface area (Å²) in [5, 5.41) is 3.38. The van der Waals surface area contributed by atoms with E-state index in [2.05, 4.69) is 5.32 Å². The molecule has 0 aliphatic carbocycles. The molecule has 2 aromatic rings. The first-order valence-corrected chi connectivity index (χ1v) is 9.74. The minimum absolute atomic E-state index is 0.157. The number of aryl methyl sites for hydroxylation is 1. The molecule has 25 heavy (non-hydrogen) atoms. The number of thiophene rings is 1. The summed E-state index contributed by atoms with van der Waals surface area (Å²) in [5.74, 6) is 0.472. The molecular weight excluding hydrogens is 358 g/mol. The molecule has 1 heterocycles. The molecule has 0 atom stereocenters. The molecule has 0 aliphatic heterocycles. The van der Waals surface area contributed by atoms with Gasteiger partial charge in [-0.25, -0.2) is 4.79 Å². The van der Waals surface area contributed by atoms with E-state index in [0.29, 0.717) is 17.2 Å². The SMILES string of the molecule is CCOC(=O)c1cc(CC)sc1NC(=O)CSc1ccc(OC)cc1. The van der Waals surface area contributed by atoms with Crippen LogP contribution in [0, 0.1) is 0 Å². The van der Waals surface area contributed by atoms with Gasteiger partial charge in [-0.3, -0.25) is 4.79 Å². The predicted molar refractivity (Wildman–Crippen MR) is 102 cm³/mol. The molecule has 0 saturated heterocycles. The molecule has 0 bridgehead atoms. The van der Waals surface area contributed by atoms with E-state index in [1.165, 1.54) is 23.1 Å². The summed E-state index contributed by atoms with van der Waals surface area (Å²) >= 11 is 2.83. The highest BCUT2D eigenvalue weighted by molar-refractivity contribution is 8.00. The number of anilines is 1. The molecule has 0 saturated carbocycles. The molecule has 0 radical (unpaired) electrons. The zero-order chi connectivity index (χ0) is 18.2. The van der Waals surface area contributed by atoms with Gasteiger partial charge in [0.15, 0.2) is 0 Å². The van der Waals surface area contributed by atoms with E-state index in [0.717, 1.165) is 21.9 Å². The van der Waals surface area contributed by atoms with E-state index < -0.39 is 5.97 Å². The summed E-state index contributed by atoms with van der Waals surface area (Å²) in [6.45, 7) is 4.07. The number of benzene rings is 1. The van der Waals surface area contributed by atoms with Gasteiger partial charge in [-0.2, -0.15) is 0 Å². The monoisotopic (exact) mass is 379 g/mol. The lowest BCUT2D eigenvalue weighted by molar-refractivity contribution is -0.113. The number of esters is 1. The molecule has 7 heteroatoms. The van der Waals surface area contributed by atoms with Gasteiger partial charge >= 0.3 is 5.97 Å². The summed E-state index contributed by atoms with van der Waals surface area (Å²) in [6.07, 6.45) is 0.799. The van der Waals surface area contributed by atoms with Crippen molar-refractivity contribution in [3.8, 4) is 5.75 Å². The van der Waals surface area contributed by atoms with Crippen LogP contribution in [0.4, 0.5) is 5.00 Å². The molecule has 2 rings (SSSR count). The normalized spacial score (nSPS) is 10.4. The quantitative estimate of drug-likeness (QED) is 0.549. The average molecular weight is 380 g/mol. The van der Waals surface area contributed by atoms with E-state index in [1.54, 1.807) is 20.1 Å². The number of nitrogens with one attached hydrogen (secondary N) is 1. The van der Waals surface area contributed by atoms with Gasteiger partial charge < -0.3 is 14.8 Å². The fourth-order valence-corrected chi connectivity index (χ4v) is 3.75. The molecule has 1 N–H and O–H groups in total. The van der Waals surface area contributed by atoms with Gasteiger partial charge in [-0.1, -0.05) is 6.92 Å². The Morgan fingerprint density at radius 3 is 2.52 bits per heavy atom. The van der Waals surface area contributed by atoms with E-state index in [4.69, 9.17) is 9.47 Å². The number of amides is 1. The Hall–Kier alpha value is -1.99. The highest BCUT2D eigenvalue weighted by Crippen LogP contribution is 2.30. The lowest BCUT2D eigenvalue weighted by atomic mass is 10.2. The van der Waals surface area contributed by atoms with Gasteiger partial charge in [-0.15, -0.1) is 23.1 Å². The Kier molecular flexibility index (Phi) is 7.33. The largest absolute Gasteiger partial charge is 0.497 e. The van der Waals surface area contributed by atoms with Crippen LogP contribution in [0.5, 0.6) is 5.75 Å². The maximum absolute atomic E-state index is 12.2. The molecule has 0 spiro atoms. The topological polar surface area (TPSA) is 64.6 Å². The predicted octanol–water partition coefficient (Wildman–Crippen LogP) is 4.23. The van der Waals surface area contributed by atoms with E-state index in [9.17, 15) is 9.59 Å². The van der Waals surface area contributed by atoms with Crippen molar-refractivity contribution in [3.63, 3.8) is 0 Å². The first kappa shape index (κ1) is 19.3. The van der Waals surface area contributed by atoms with E-state index in [1.807, 2.05) is 31.2 Å². The fourth-order valence-electron chi connectivity index (χ4n) is 2.05. The first-order valence-electron chi connectivity index (χ1n) is 7.93. The second kappa shape index (κ2) is 9.48. The second-order valence-corrected chi connectivity index (χ2v) is 7.23. The Labute approximate surface area is 155 Å². The maximum atomic E-state index is 12.2. The fraction of sp³-hybridized carbons (Fsp3) is 0.333. The van der Waals surface area contributed by atoms with Crippen LogP contribution in [0.1, 0.15) is 29.1 Å². The standard InChI is InChI=1S/C18H21NO4S2/c1-4-13-10-15(18(21)23-5-2)17(25-13)19-16(20)11-24-14-8-6-12(22-3)7-9-14/h6-10H,4-5,11H2,1-3H3,(H,19,20). The summed E-state index contributed by atoms with van der Waals surface area (Å²) < 4.78 is 10.2. The van der Waals surface area contributed by atoms with Crippen LogP contribution in [0.25, 0.3) is 0 Å². The number of carbonyl (C=O) groups is 2. The van der Waals surface area contributed by atoms with Crippen LogP contribution in [-0.4, -0.2) is 31.3 Å². The van der Waals surface area contributed by atoms with Crippen molar-refractivity contribution < 1.29 is 19.1 Å². The Morgan fingerprint density at radius 1 is 1.20 bits per heavy atom. The lowest BCUT2D eigenvalue weighted by Crippen LogP contribution is -2.15. The zero-order valence-electron chi connectivity index (χ0n) is 14.5. The number of thioether (sulfide) groups is 1. The summed E-state index contributed by atoms with van der Waals surface area (Å²) in [6, 6.07) is 9.30. The maximum Gasteiger partial charge on any atom is 0.341 e. The highest BCUT2D eigenvalue weighted by Gasteiger charge is 2.18. The van der Waals surface area contributed by atoms with Crippen molar-refractivity contribution in [3.05, 3.63) is 40.8 Å². The Balaban J connectivity index is 1.99. The van der Waals surface area contributed by atoms with Gasteiger partial charge in [0.05, 0.1) is 25.0 Å². The van der Waals surface area contributed by atoms with Crippen molar-refractivity contribution in [2.45, 2.75) is 25.2 Å². The van der Waals surface area contributed by atoms with E-state index in [-0.39, 0.29) is 11.7 Å². The minimum atomic E-state index is -0.406. The Morgan fingerprint density at radius 2 is 1.92 bits per heavy atom. The van der Waals surface area contributed by atoms with Crippen molar-refractivity contribution in [2.24, 2.45) is 0 Å². The first-order chi connectivity index (χ1) is 12.1. The van der Waals surface area contributed by atoms with Gasteiger partial charge in [0.2, 0.25) is 5.91 Å². The zero-order valence-corrected chi connectivity index (χ0v) is 16.1. The highest BCUT2D eigenvalue weighted by atomic mass is 32.2. The van der Waals surface area contributed by atoms with Gasteiger partial charge in [0.1, 0.15) is 10.8 Å². The summed E-state index contributed by atoms with van der Waals surface area (Å²) in [4.78, 5) is 26.3. The van der Waals surface area contributed by atoms with Crippen LogP contribution in [0.2, 0.25) is 0 Å². The van der Waals surface area contributed by atoms with Crippen LogP contribution in [0.3, 0.4) is 0 Å². The number of hydrogen-bond donors (Lipinski definition) is 1. The van der Waals surface area contributed by atoms with E-state index >= 15 is 0 Å². The number of rotatable bonds is 8. The summed E-state index contributed by atoms with van der Waals surface area (Å²) in [5.41, 5.74) is 0.423. The molecule has 0 aliphatic rings. The molecule has 0 fully saturated rings. The Bertz CT molecular complexity index is 725. The molecule has 5 nitrogen and oxygen atoms in total. The van der Waals surface area contributed by atoms with Crippen LogP contribution in [-0.2, 0) is 16.0 Å². The van der Waals surface area contributed by atoms with Crippen LogP contribution >= 0.6 is 23.1 Å². The van der Waals surface area contributed by atoms with Crippen molar-refractivity contribution in [1.82, 2.24) is 0 Å². The minimum Gasteiger partial charge on any atom is -0.497 e. The third-order valence-corrected chi connectivity index (χ3v) is 5.52. The second-order valence-electron chi connectivity index (χ2n) is 5.04. The number of carbonyl (C=O) groups excluding carboxylic acids is 2. The third-order valence-electron chi connectivity index (χ3n) is 3.31. The summed E-state index contributed by atoms with van der Waals surface area (Å²) in [7, 11) is 1.61. The smallest absolute Gasteiger partial charge is 0.341 e. The molecule has 1 aromatic heterocycles. The molecular formula is C18H21NO4S2. The molecule has 1 aromatic carbocycles. The van der Waals surface area contributed by atoms with Crippen molar-refractivity contribution in [2.75, 3.05) is 24.8 Å². The van der Waals surface area contributed by atoms with Crippen molar-refractivity contribution in [1.29, 1.82) is 0 Å². The third kappa shape index (κ3) is 5.51. The number of hydrogen-bond acceptors (Lipinski definition) is 6. The molecule has 0 unspecified atom stereocenters.